The Morgan fingerprint density at radius 1 is 0.617 bits per heavy atom. The molecule has 0 aromatic heterocycles. The minimum atomic E-state index is -5.31. The van der Waals surface area contributed by atoms with Crippen LogP contribution in [0.25, 0.3) is 0 Å². The van der Waals surface area contributed by atoms with E-state index in [1.165, 1.54) is 77.0 Å². The highest BCUT2D eigenvalue weighted by Gasteiger charge is 2.55. The van der Waals surface area contributed by atoms with Crippen molar-refractivity contribution in [2.45, 2.75) is 180 Å². The van der Waals surface area contributed by atoms with Crippen LogP contribution in [-0.4, -0.2) is 93.8 Å². The van der Waals surface area contributed by atoms with Gasteiger partial charge in [0.1, 0.15) is 12.6 Å². The highest BCUT2D eigenvalue weighted by Crippen LogP contribution is 2.44. The van der Waals surface area contributed by atoms with Crippen LogP contribution in [0.2, 0.25) is 0 Å². The van der Waals surface area contributed by atoms with E-state index in [1.54, 1.807) is 0 Å². The first-order chi connectivity index (χ1) is 22.2. The van der Waals surface area contributed by atoms with E-state index in [9.17, 15) is 34.2 Å². The zero-order valence-electron chi connectivity index (χ0n) is 30.9. The van der Waals surface area contributed by atoms with Gasteiger partial charge in [0.05, 0.1) is 34.4 Å². The average Bonchev–Trinajstić information content (AvgIpc) is 2.99. The number of Topliss-reactive ketones (excluding diaryl/α,β-unsaturated/α-hetero) is 2. The Bertz CT molecular complexity index is 760. The average molecular weight is 697 g/mol. The number of likely N-dealkylation sites (N-methyl/N-ethyl adjacent to an activating group) is 1. The van der Waals surface area contributed by atoms with Gasteiger partial charge in [0, 0.05) is 12.8 Å². The van der Waals surface area contributed by atoms with Crippen molar-refractivity contribution in [1.82, 2.24) is 0 Å². The molecule has 0 saturated carbocycles. The van der Waals surface area contributed by atoms with Crippen LogP contribution in [0.1, 0.15) is 168 Å². The summed E-state index contributed by atoms with van der Waals surface area (Å²) in [5.74, 6) is -1.75. The maximum atomic E-state index is 13.2. The number of rotatable bonds is 32. The van der Waals surface area contributed by atoms with Crippen molar-refractivity contribution in [3.8, 4) is 0 Å². The van der Waals surface area contributed by atoms with E-state index < -0.39 is 37.7 Å². The van der Waals surface area contributed by atoms with Crippen LogP contribution in [0.3, 0.4) is 0 Å². The second-order valence-electron chi connectivity index (χ2n) is 14.2. The SMILES string of the molecule is CCCCCCCCCCCCCC(=O)C(OP(=O)(O)O)(C(=O)CCCCCCCCCCCCC)C(O)CO.C[N+](C)(C)CCO. The van der Waals surface area contributed by atoms with Crippen LogP contribution in [0.15, 0.2) is 0 Å². The van der Waals surface area contributed by atoms with Crippen molar-refractivity contribution >= 4 is 19.4 Å². The highest BCUT2D eigenvalue weighted by molar-refractivity contribution is 7.46. The van der Waals surface area contributed by atoms with Gasteiger partial charge in [-0.25, -0.2) is 4.57 Å². The lowest BCUT2D eigenvalue weighted by Gasteiger charge is -2.34. The summed E-state index contributed by atoms with van der Waals surface area (Å²) in [4.78, 5) is 45.4. The van der Waals surface area contributed by atoms with E-state index in [-0.39, 0.29) is 19.4 Å². The van der Waals surface area contributed by atoms with Crippen molar-refractivity contribution in [3.63, 3.8) is 0 Å². The first-order valence-corrected chi connectivity index (χ1v) is 20.3. The van der Waals surface area contributed by atoms with Crippen LogP contribution in [0.5, 0.6) is 0 Å². The van der Waals surface area contributed by atoms with Crippen LogP contribution >= 0.6 is 7.82 Å². The lowest BCUT2D eigenvalue weighted by atomic mass is 9.82. The Hall–Kier alpha value is -0.710. The summed E-state index contributed by atoms with van der Waals surface area (Å²) in [6.45, 7) is 4.50. The number of unbranched alkanes of at least 4 members (excludes halogenated alkanes) is 20. The maximum absolute atomic E-state index is 13.2. The molecule has 5 N–H and O–H groups in total. The fraction of sp³-hybridized carbons (Fsp3) is 0.944. The zero-order valence-corrected chi connectivity index (χ0v) is 31.8. The van der Waals surface area contributed by atoms with Crippen LogP contribution < -0.4 is 0 Å². The van der Waals surface area contributed by atoms with Crippen molar-refractivity contribution in [1.29, 1.82) is 0 Å². The Labute approximate surface area is 287 Å². The molecule has 47 heavy (non-hydrogen) atoms. The number of aliphatic hydroxyl groups excluding tert-OH is 3. The van der Waals surface area contributed by atoms with Gasteiger partial charge < -0.3 is 29.6 Å². The molecule has 0 aromatic carbocycles. The minimum absolute atomic E-state index is 0.155. The number of aliphatic hydroxyl groups is 3. The topological polar surface area (TPSA) is 162 Å². The predicted molar refractivity (Wildman–Crippen MR) is 191 cm³/mol. The van der Waals surface area contributed by atoms with Crippen molar-refractivity contribution in [2.75, 3.05) is 40.9 Å². The third kappa shape index (κ3) is 27.8. The summed E-state index contributed by atoms with van der Waals surface area (Å²) in [6, 6.07) is 0. The molecule has 0 rings (SSSR count). The Kier molecular flexibility index (Phi) is 31.0. The van der Waals surface area contributed by atoms with E-state index >= 15 is 0 Å². The predicted octanol–water partition coefficient (Wildman–Crippen LogP) is 7.41. The molecule has 0 fully saturated rings. The molecule has 0 radical (unpaired) electrons. The number of hydrogen-bond acceptors (Lipinski definition) is 7. The maximum Gasteiger partial charge on any atom is 0.471 e. The molecule has 0 heterocycles. The quantitative estimate of drug-likeness (QED) is 0.0209. The number of ketones is 2. The monoisotopic (exact) mass is 697 g/mol. The Balaban J connectivity index is 0. The largest absolute Gasteiger partial charge is 0.471 e. The summed E-state index contributed by atoms with van der Waals surface area (Å²) in [6.07, 6.45) is 21.2. The summed E-state index contributed by atoms with van der Waals surface area (Å²) < 4.78 is 17.4. The summed E-state index contributed by atoms with van der Waals surface area (Å²) in [5.41, 5.74) is -2.75. The highest BCUT2D eigenvalue weighted by atomic mass is 31.2. The molecule has 1 atom stereocenters. The van der Waals surface area contributed by atoms with Gasteiger partial charge in [0.25, 0.3) is 0 Å². The fourth-order valence-electron chi connectivity index (χ4n) is 5.58. The molecule has 1 unspecified atom stereocenters. The third-order valence-electron chi connectivity index (χ3n) is 8.52. The molecule has 282 valence electrons. The lowest BCUT2D eigenvalue weighted by molar-refractivity contribution is -0.870. The number of quaternary nitrogens is 1. The van der Waals surface area contributed by atoms with E-state index in [1.807, 2.05) is 0 Å². The summed E-state index contributed by atoms with van der Waals surface area (Å²) in [5, 5.41) is 28.5. The molecule has 0 bridgehead atoms. The molecule has 0 aromatic rings. The van der Waals surface area contributed by atoms with Gasteiger partial charge in [0.15, 0.2) is 11.6 Å². The van der Waals surface area contributed by atoms with E-state index in [4.69, 9.17) is 9.63 Å². The number of carbonyl (C=O) groups excluding carboxylic acids is 2. The van der Waals surface area contributed by atoms with Crippen molar-refractivity contribution in [3.05, 3.63) is 0 Å². The number of phosphoric acid groups is 1. The minimum Gasteiger partial charge on any atom is -0.394 e. The first-order valence-electron chi connectivity index (χ1n) is 18.7. The number of hydrogen-bond donors (Lipinski definition) is 5. The molecule has 10 nitrogen and oxygen atoms in total. The molecule has 11 heteroatoms. The van der Waals surface area contributed by atoms with Gasteiger partial charge in [-0.3, -0.25) is 14.1 Å². The third-order valence-corrected chi connectivity index (χ3v) is 9.05. The second-order valence-corrected chi connectivity index (χ2v) is 15.3. The Morgan fingerprint density at radius 3 is 1.13 bits per heavy atom. The molecular formula is C36H75NO9P+. The summed E-state index contributed by atoms with van der Waals surface area (Å²) >= 11 is 0. The first kappa shape index (κ1) is 48.4. The van der Waals surface area contributed by atoms with Gasteiger partial charge in [-0.05, 0) is 12.8 Å². The molecular weight excluding hydrogens is 621 g/mol. The van der Waals surface area contributed by atoms with Gasteiger partial charge in [-0.1, -0.05) is 142 Å². The second kappa shape index (κ2) is 30.1. The molecule has 0 aliphatic carbocycles. The van der Waals surface area contributed by atoms with E-state index in [0.29, 0.717) is 12.8 Å². The molecule has 0 aliphatic heterocycles. The van der Waals surface area contributed by atoms with Crippen LogP contribution in [0, 0.1) is 0 Å². The number of nitrogens with zero attached hydrogens (tertiary/aromatic N) is 1. The Morgan fingerprint density at radius 2 is 0.915 bits per heavy atom. The van der Waals surface area contributed by atoms with Gasteiger partial charge in [-0.15, -0.1) is 0 Å². The van der Waals surface area contributed by atoms with Crippen LogP contribution in [-0.2, 0) is 18.7 Å². The molecule has 0 spiro atoms. The van der Waals surface area contributed by atoms with Gasteiger partial charge in [0.2, 0.25) is 5.60 Å². The molecule has 0 amide bonds. The van der Waals surface area contributed by atoms with E-state index in [2.05, 4.69) is 35.0 Å². The molecule has 0 saturated heterocycles. The number of carbonyl (C=O) groups is 2. The fourth-order valence-corrected chi connectivity index (χ4v) is 6.28. The van der Waals surface area contributed by atoms with Crippen molar-refractivity contribution in [2.24, 2.45) is 0 Å². The standard InChI is InChI=1S/C31H61O8P.C5H14NO/c1-3-5-7-9-11-13-15-17-19-21-23-25-28(33)31(30(35)27-32,39-40(36,37)38)29(34)26-24-22-20-18-16-14-12-10-8-6-4-2;1-6(2,3)4-5-7/h30,32,35H,3-27H2,1-2H3,(H2,36,37,38);7H,4-5H2,1-3H3/q;+1. The van der Waals surface area contributed by atoms with E-state index in [0.717, 1.165) is 62.4 Å². The van der Waals surface area contributed by atoms with Crippen molar-refractivity contribution < 1.29 is 48.3 Å². The van der Waals surface area contributed by atoms with Gasteiger partial charge in [-0.2, -0.15) is 0 Å². The smallest absolute Gasteiger partial charge is 0.394 e. The number of phosphoric ester groups is 1. The normalized spacial score (nSPS) is 12.9. The lowest BCUT2D eigenvalue weighted by Crippen LogP contribution is -2.58. The summed E-state index contributed by atoms with van der Waals surface area (Å²) in [7, 11) is 0.845. The van der Waals surface area contributed by atoms with Gasteiger partial charge >= 0.3 is 7.82 Å². The van der Waals surface area contributed by atoms with Crippen LogP contribution in [0.4, 0.5) is 0 Å². The zero-order chi connectivity index (χ0) is 36.0. The molecule has 0 aliphatic rings.